The molecule has 0 bridgehead atoms. The largest absolute Gasteiger partial charge is 0.367 e. The molecule has 5 heteroatoms. The summed E-state index contributed by atoms with van der Waals surface area (Å²) in [5.74, 6) is 0.756. The fraction of sp³-hybridized carbons (Fsp3) is 0.222. The molecule has 14 heavy (non-hydrogen) atoms. The zero-order valence-electron chi connectivity index (χ0n) is 7.72. The maximum atomic E-state index is 4.18. The fourth-order valence-corrected chi connectivity index (χ4v) is 1.18. The molecule has 2 heterocycles. The highest BCUT2D eigenvalue weighted by Gasteiger charge is 2.02. The van der Waals surface area contributed by atoms with E-state index in [2.05, 4.69) is 27.1 Å². The number of anilines is 1. The van der Waals surface area contributed by atoms with Gasteiger partial charge in [-0.25, -0.2) is 4.98 Å². The Kier molecular flexibility index (Phi) is 2.40. The van der Waals surface area contributed by atoms with Crippen LogP contribution in [0.15, 0.2) is 31.4 Å². The molecule has 72 valence electrons. The summed E-state index contributed by atoms with van der Waals surface area (Å²) in [5.41, 5.74) is 0.747. The molecule has 0 radical (unpaired) electrons. The second kappa shape index (κ2) is 3.87. The van der Waals surface area contributed by atoms with E-state index in [0.29, 0.717) is 0 Å². The third-order valence-electron chi connectivity index (χ3n) is 1.86. The molecular weight excluding hydrogens is 178 g/mol. The molecule has 0 aliphatic carbocycles. The number of fused-ring (bicyclic) bond motifs is 1. The van der Waals surface area contributed by atoms with Gasteiger partial charge in [-0.2, -0.15) is 0 Å². The molecule has 0 aliphatic rings. The Labute approximate surface area is 81.5 Å². The average Bonchev–Trinajstić information content (AvgIpc) is 2.67. The molecule has 2 rings (SSSR count). The van der Waals surface area contributed by atoms with E-state index in [4.69, 9.17) is 0 Å². The Balaban J connectivity index is 2.23. The summed E-state index contributed by atoms with van der Waals surface area (Å²) >= 11 is 0. The van der Waals surface area contributed by atoms with Crippen molar-refractivity contribution in [3.63, 3.8) is 0 Å². The van der Waals surface area contributed by atoms with Gasteiger partial charge in [-0.05, 0) is 6.42 Å². The van der Waals surface area contributed by atoms with E-state index in [0.717, 1.165) is 24.4 Å². The second-order valence-electron chi connectivity index (χ2n) is 2.84. The van der Waals surface area contributed by atoms with Crippen LogP contribution >= 0.6 is 0 Å². The highest BCUT2D eigenvalue weighted by atomic mass is 15.2. The summed E-state index contributed by atoms with van der Waals surface area (Å²) in [4.78, 5) is 4.18. The first kappa shape index (κ1) is 8.68. The van der Waals surface area contributed by atoms with Crippen molar-refractivity contribution in [1.29, 1.82) is 0 Å². The molecule has 1 N–H and O–H groups in total. The topological polar surface area (TPSA) is 55.1 Å². The number of nitrogens with zero attached hydrogens (tertiary/aromatic N) is 4. The maximum absolute atomic E-state index is 4.18. The second-order valence-corrected chi connectivity index (χ2v) is 2.84. The lowest BCUT2D eigenvalue weighted by molar-refractivity contribution is 1.03. The Morgan fingerprint density at radius 2 is 2.50 bits per heavy atom. The van der Waals surface area contributed by atoms with Crippen molar-refractivity contribution in [2.45, 2.75) is 6.42 Å². The first-order chi connectivity index (χ1) is 6.92. The predicted octanol–water partition coefficient (Wildman–Crippen LogP) is 1.11. The third-order valence-corrected chi connectivity index (χ3v) is 1.86. The summed E-state index contributed by atoms with van der Waals surface area (Å²) < 4.78 is 1.82. The van der Waals surface area contributed by atoms with Crippen molar-refractivity contribution < 1.29 is 0 Å². The normalized spacial score (nSPS) is 10.3. The molecule has 0 aromatic carbocycles. The minimum absolute atomic E-state index is 0.747. The van der Waals surface area contributed by atoms with E-state index < -0.39 is 0 Å². The maximum Gasteiger partial charge on any atom is 0.203 e. The summed E-state index contributed by atoms with van der Waals surface area (Å²) in [7, 11) is 0. The smallest absolute Gasteiger partial charge is 0.203 e. The van der Waals surface area contributed by atoms with Gasteiger partial charge in [-0.1, -0.05) is 6.08 Å². The number of aromatic nitrogens is 4. The minimum Gasteiger partial charge on any atom is -0.367 e. The van der Waals surface area contributed by atoms with Crippen molar-refractivity contribution >= 4 is 11.5 Å². The quantitative estimate of drug-likeness (QED) is 0.578. The van der Waals surface area contributed by atoms with Crippen LogP contribution in [0.2, 0.25) is 0 Å². The average molecular weight is 189 g/mol. The molecule has 0 saturated carbocycles. The SMILES string of the molecule is C=CCCNc1nccn2cnnc12. The van der Waals surface area contributed by atoms with Crippen LogP contribution in [0.4, 0.5) is 5.82 Å². The number of hydrogen-bond donors (Lipinski definition) is 1. The van der Waals surface area contributed by atoms with Gasteiger partial charge >= 0.3 is 0 Å². The highest BCUT2D eigenvalue weighted by Crippen LogP contribution is 2.08. The molecule has 0 spiro atoms. The lowest BCUT2D eigenvalue weighted by Gasteiger charge is -2.03. The fourth-order valence-electron chi connectivity index (χ4n) is 1.18. The molecule has 5 nitrogen and oxygen atoms in total. The van der Waals surface area contributed by atoms with Crippen LogP contribution in [0.3, 0.4) is 0 Å². The van der Waals surface area contributed by atoms with E-state index >= 15 is 0 Å². The van der Waals surface area contributed by atoms with Gasteiger partial charge in [-0.15, -0.1) is 16.8 Å². The van der Waals surface area contributed by atoms with Gasteiger partial charge in [-0.3, -0.25) is 4.40 Å². The predicted molar refractivity (Wildman–Crippen MR) is 54.1 cm³/mol. The third kappa shape index (κ3) is 1.56. The van der Waals surface area contributed by atoms with Crippen molar-refractivity contribution in [3.8, 4) is 0 Å². The van der Waals surface area contributed by atoms with Crippen LogP contribution in [-0.4, -0.2) is 26.1 Å². The molecule has 0 unspecified atom stereocenters. The Hall–Kier alpha value is -1.91. The summed E-state index contributed by atoms with van der Waals surface area (Å²) in [6.45, 7) is 4.46. The summed E-state index contributed by atoms with van der Waals surface area (Å²) in [6.07, 6.45) is 7.93. The van der Waals surface area contributed by atoms with Crippen LogP contribution < -0.4 is 5.32 Å². The van der Waals surface area contributed by atoms with Gasteiger partial charge in [0.15, 0.2) is 5.82 Å². The molecule has 2 aromatic rings. The van der Waals surface area contributed by atoms with Gasteiger partial charge in [0.05, 0.1) is 0 Å². The van der Waals surface area contributed by atoms with Crippen LogP contribution in [0, 0.1) is 0 Å². The molecule has 2 aromatic heterocycles. The van der Waals surface area contributed by atoms with E-state index in [1.807, 2.05) is 16.7 Å². The highest BCUT2D eigenvalue weighted by molar-refractivity contribution is 5.61. The van der Waals surface area contributed by atoms with Gasteiger partial charge in [0.2, 0.25) is 5.65 Å². The molecule has 0 atom stereocenters. The monoisotopic (exact) mass is 189 g/mol. The van der Waals surface area contributed by atoms with Crippen molar-refractivity contribution in [2.24, 2.45) is 0 Å². The zero-order chi connectivity index (χ0) is 9.80. The van der Waals surface area contributed by atoms with Gasteiger partial charge in [0, 0.05) is 18.9 Å². The number of nitrogens with one attached hydrogen (secondary N) is 1. The van der Waals surface area contributed by atoms with Gasteiger partial charge in [0.1, 0.15) is 6.33 Å². The first-order valence-corrected chi connectivity index (χ1v) is 4.41. The van der Waals surface area contributed by atoms with E-state index in [-0.39, 0.29) is 0 Å². The van der Waals surface area contributed by atoms with Crippen molar-refractivity contribution in [1.82, 2.24) is 19.6 Å². The Bertz CT molecular complexity index is 433. The number of hydrogen-bond acceptors (Lipinski definition) is 4. The van der Waals surface area contributed by atoms with E-state index in [1.54, 1.807) is 12.5 Å². The van der Waals surface area contributed by atoms with E-state index in [9.17, 15) is 0 Å². The molecule has 0 saturated heterocycles. The van der Waals surface area contributed by atoms with Crippen LogP contribution in [0.5, 0.6) is 0 Å². The van der Waals surface area contributed by atoms with E-state index in [1.165, 1.54) is 0 Å². The van der Waals surface area contributed by atoms with Crippen LogP contribution in [-0.2, 0) is 0 Å². The molecule has 0 aliphatic heterocycles. The first-order valence-electron chi connectivity index (χ1n) is 4.41. The lowest BCUT2D eigenvalue weighted by atomic mass is 10.4. The molecule has 0 amide bonds. The summed E-state index contributed by atoms with van der Waals surface area (Å²) in [6, 6.07) is 0. The van der Waals surface area contributed by atoms with Gasteiger partial charge in [0.25, 0.3) is 0 Å². The van der Waals surface area contributed by atoms with Crippen molar-refractivity contribution in [2.75, 3.05) is 11.9 Å². The molecular formula is C9H11N5. The van der Waals surface area contributed by atoms with Crippen molar-refractivity contribution in [3.05, 3.63) is 31.4 Å². The van der Waals surface area contributed by atoms with Crippen LogP contribution in [0.1, 0.15) is 6.42 Å². The van der Waals surface area contributed by atoms with Crippen LogP contribution in [0.25, 0.3) is 5.65 Å². The standard InChI is InChI=1S/C9H11N5/c1-2-3-4-10-8-9-13-12-7-14(9)6-5-11-8/h2,5-7H,1,3-4H2,(H,10,11). The molecule has 0 fully saturated rings. The van der Waals surface area contributed by atoms with Gasteiger partial charge < -0.3 is 5.32 Å². The summed E-state index contributed by atoms with van der Waals surface area (Å²) in [5, 5.41) is 10.9. The Morgan fingerprint density at radius 3 is 3.36 bits per heavy atom. The Morgan fingerprint density at radius 1 is 1.57 bits per heavy atom. The zero-order valence-corrected chi connectivity index (χ0v) is 7.72. The lowest BCUT2D eigenvalue weighted by Crippen LogP contribution is -2.04. The minimum atomic E-state index is 0.747. The number of rotatable bonds is 4.